The number of nitrogens with zero attached hydrogens (tertiary/aromatic N) is 3. The minimum Gasteiger partial charge on any atom is -0.325 e. The molecule has 3 amide bonds. The fourth-order valence-corrected chi connectivity index (χ4v) is 4.75. The average molecular weight is 509 g/mol. The van der Waals surface area contributed by atoms with Gasteiger partial charge in [0.1, 0.15) is 12.4 Å². The van der Waals surface area contributed by atoms with Crippen LogP contribution in [0.2, 0.25) is 0 Å². The van der Waals surface area contributed by atoms with E-state index in [0.717, 1.165) is 28.0 Å². The SMILES string of the molecule is Cc1ccc(-n2c(C)cc(/C=C3\SC(=O)N(CC(=O)Nc4ccc(F)cc4)C3=O)c2C)cc1[N+](=O)[O-]. The number of halogens is 1. The lowest BCUT2D eigenvalue weighted by Gasteiger charge is -2.12. The summed E-state index contributed by atoms with van der Waals surface area (Å²) in [6, 6.07) is 11.9. The summed E-state index contributed by atoms with van der Waals surface area (Å²) in [4.78, 5) is 49.6. The van der Waals surface area contributed by atoms with Gasteiger partial charge in [-0.15, -0.1) is 0 Å². The van der Waals surface area contributed by atoms with Crippen LogP contribution in [0.4, 0.5) is 20.6 Å². The summed E-state index contributed by atoms with van der Waals surface area (Å²) in [6.45, 7) is 4.83. The van der Waals surface area contributed by atoms with E-state index in [4.69, 9.17) is 0 Å². The Bertz CT molecular complexity index is 1450. The zero-order valence-corrected chi connectivity index (χ0v) is 20.4. The lowest BCUT2D eigenvalue weighted by atomic mass is 10.1. The average Bonchev–Trinajstić information content (AvgIpc) is 3.24. The maximum Gasteiger partial charge on any atom is 0.294 e. The molecule has 1 N–H and O–H groups in total. The van der Waals surface area contributed by atoms with E-state index in [-0.39, 0.29) is 10.6 Å². The highest BCUT2D eigenvalue weighted by Crippen LogP contribution is 2.34. The Balaban J connectivity index is 1.55. The first-order chi connectivity index (χ1) is 17.0. The number of carbonyl (C=O) groups excluding carboxylic acids is 3. The van der Waals surface area contributed by atoms with Gasteiger partial charge in [0.25, 0.3) is 16.8 Å². The first kappa shape index (κ1) is 24.9. The number of nitrogens with one attached hydrogen (secondary N) is 1. The Morgan fingerprint density at radius 3 is 2.47 bits per heavy atom. The number of nitro benzene ring substituents is 1. The second kappa shape index (κ2) is 9.78. The van der Waals surface area contributed by atoms with Crippen molar-refractivity contribution < 1.29 is 23.7 Å². The van der Waals surface area contributed by atoms with E-state index in [9.17, 15) is 28.9 Å². The smallest absolute Gasteiger partial charge is 0.294 e. The van der Waals surface area contributed by atoms with E-state index in [1.165, 1.54) is 30.3 Å². The Hall–Kier alpha value is -4.25. The molecule has 9 nitrogen and oxygen atoms in total. The Labute approximate surface area is 209 Å². The van der Waals surface area contributed by atoms with Crippen molar-refractivity contribution in [2.75, 3.05) is 11.9 Å². The molecule has 4 rings (SSSR count). The van der Waals surface area contributed by atoms with Crippen LogP contribution in [0, 0.1) is 36.7 Å². The molecule has 1 fully saturated rings. The van der Waals surface area contributed by atoms with E-state index >= 15 is 0 Å². The molecule has 0 spiro atoms. The van der Waals surface area contributed by atoms with Crippen LogP contribution in [0.25, 0.3) is 11.8 Å². The Kier molecular flexibility index (Phi) is 6.75. The van der Waals surface area contributed by atoms with E-state index in [0.29, 0.717) is 22.5 Å². The van der Waals surface area contributed by atoms with Gasteiger partial charge in [0, 0.05) is 28.7 Å². The van der Waals surface area contributed by atoms with Gasteiger partial charge < -0.3 is 9.88 Å². The number of benzene rings is 2. The van der Waals surface area contributed by atoms with Gasteiger partial charge in [0.2, 0.25) is 5.91 Å². The second-order valence-corrected chi connectivity index (χ2v) is 9.21. The van der Waals surface area contributed by atoms with Crippen molar-refractivity contribution in [3.05, 3.63) is 91.9 Å². The van der Waals surface area contributed by atoms with Crippen LogP contribution in [0.5, 0.6) is 0 Å². The third kappa shape index (κ3) is 4.91. The van der Waals surface area contributed by atoms with Crippen molar-refractivity contribution in [2.45, 2.75) is 20.8 Å². The highest BCUT2D eigenvalue weighted by Gasteiger charge is 2.36. The summed E-state index contributed by atoms with van der Waals surface area (Å²) < 4.78 is 14.9. The molecular formula is C25H21FN4O5S. The molecule has 3 aromatic rings. The molecule has 0 bridgehead atoms. The molecule has 1 aromatic heterocycles. The number of aryl methyl sites for hydroxylation is 2. The number of hydrogen-bond acceptors (Lipinski definition) is 6. The Morgan fingerprint density at radius 2 is 1.81 bits per heavy atom. The van der Waals surface area contributed by atoms with E-state index in [1.807, 2.05) is 24.5 Å². The summed E-state index contributed by atoms with van der Waals surface area (Å²) in [7, 11) is 0. The van der Waals surface area contributed by atoms with Crippen molar-refractivity contribution in [1.82, 2.24) is 9.47 Å². The Morgan fingerprint density at radius 1 is 1.11 bits per heavy atom. The monoisotopic (exact) mass is 508 g/mol. The normalized spacial score (nSPS) is 14.6. The topological polar surface area (TPSA) is 115 Å². The molecule has 11 heteroatoms. The molecule has 1 saturated heterocycles. The van der Waals surface area contributed by atoms with Crippen LogP contribution in [-0.4, -0.2) is 38.0 Å². The molecule has 1 aliphatic heterocycles. The number of imide groups is 1. The molecule has 36 heavy (non-hydrogen) atoms. The highest BCUT2D eigenvalue weighted by molar-refractivity contribution is 8.18. The van der Waals surface area contributed by atoms with Crippen molar-refractivity contribution in [3.63, 3.8) is 0 Å². The third-order valence-corrected chi connectivity index (χ3v) is 6.62. The third-order valence-electron chi connectivity index (χ3n) is 5.71. The zero-order chi connectivity index (χ0) is 26.1. The van der Waals surface area contributed by atoms with Gasteiger partial charge in [-0.05, 0) is 80.6 Å². The number of aromatic nitrogens is 1. The molecular weight excluding hydrogens is 487 g/mol. The summed E-state index contributed by atoms with van der Waals surface area (Å²) in [5, 5.41) is 13.3. The summed E-state index contributed by atoms with van der Waals surface area (Å²) >= 11 is 0.725. The second-order valence-electron chi connectivity index (χ2n) is 8.21. The number of amides is 3. The predicted octanol–water partition coefficient (Wildman–Crippen LogP) is 5.12. The van der Waals surface area contributed by atoms with Gasteiger partial charge in [-0.25, -0.2) is 4.39 Å². The number of nitro groups is 1. The lowest BCUT2D eigenvalue weighted by Crippen LogP contribution is -2.36. The van der Waals surface area contributed by atoms with Gasteiger partial charge in [0.05, 0.1) is 15.5 Å². The van der Waals surface area contributed by atoms with Gasteiger partial charge in [-0.1, -0.05) is 6.07 Å². The van der Waals surface area contributed by atoms with Gasteiger partial charge in [-0.3, -0.25) is 29.4 Å². The molecule has 2 heterocycles. The molecule has 0 aliphatic carbocycles. The molecule has 0 saturated carbocycles. The maximum absolute atomic E-state index is 13.0. The highest BCUT2D eigenvalue weighted by atomic mass is 32.2. The van der Waals surface area contributed by atoms with E-state index in [2.05, 4.69) is 5.32 Å². The van der Waals surface area contributed by atoms with E-state index < -0.39 is 34.3 Å². The van der Waals surface area contributed by atoms with Crippen LogP contribution < -0.4 is 5.32 Å². The summed E-state index contributed by atoms with van der Waals surface area (Å²) in [5.41, 5.74) is 3.67. The van der Waals surface area contributed by atoms with Crippen molar-refractivity contribution in [1.29, 1.82) is 0 Å². The summed E-state index contributed by atoms with van der Waals surface area (Å²) in [6.07, 6.45) is 1.57. The zero-order valence-electron chi connectivity index (χ0n) is 19.6. The maximum atomic E-state index is 13.0. The summed E-state index contributed by atoms with van der Waals surface area (Å²) in [5.74, 6) is -1.65. The number of thioether (sulfide) groups is 1. The first-order valence-corrected chi connectivity index (χ1v) is 11.6. The number of carbonyl (C=O) groups is 3. The van der Waals surface area contributed by atoms with Crippen LogP contribution in [0.15, 0.2) is 53.4 Å². The predicted molar refractivity (Wildman–Crippen MR) is 134 cm³/mol. The lowest BCUT2D eigenvalue weighted by molar-refractivity contribution is -0.385. The van der Waals surface area contributed by atoms with Crippen LogP contribution in [0.3, 0.4) is 0 Å². The van der Waals surface area contributed by atoms with Gasteiger partial charge in [0.15, 0.2) is 0 Å². The minimum atomic E-state index is -0.602. The van der Waals surface area contributed by atoms with Crippen molar-refractivity contribution >= 4 is 46.3 Å². The first-order valence-electron chi connectivity index (χ1n) is 10.8. The van der Waals surface area contributed by atoms with Crippen molar-refractivity contribution in [2.24, 2.45) is 0 Å². The van der Waals surface area contributed by atoms with Crippen LogP contribution in [-0.2, 0) is 9.59 Å². The van der Waals surface area contributed by atoms with Gasteiger partial charge in [-0.2, -0.15) is 0 Å². The number of rotatable bonds is 6. The van der Waals surface area contributed by atoms with Gasteiger partial charge >= 0.3 is 0 Å². The largest absolute Gasteiger partial charge is 0.325 e. The quantitative estimate of drug-likeness (QED) is 0.281. The molecule has 0 atom stereocenters. The molecule has 1 aliphatic rings. The standard InChI is InChI=1S/C25H21FN4O5S/c1-14-4-9-20(12-21(14)30(34)35)29-15(2)10-17(16(29)3)11-22-24(32)28(25(33)36-22)13-23(31)27-19-7-5-18(26)6-8-19/h4-12H,13H2,1-3H3,(H,27,31)/b22-11-. The van der Waals surface area contributed by atoms with E-state index in [1.54, 1.807) is 25.1 Å². The van der Waals surface area contributed by atoms with Crippen molar-refractivity contribution in [3.8, 4) is 5.69 Å². The van der Waals surface area contributed by atoms with Crippen LogP contribution >= 0.6 is 11.8 Å². The molecule has 0 unspecified atom stereocenters. The molecule has 2 aromatic carbocycles. The molecule has 0 radical (unpaired) electrons. The minimum absolute atomic E-state index is 0.00147. The van der Waals surface area contributed by atoms with Crippen LogP contribution in [0.1, 0.15) is 22.5 Å². The number of anilines is 1. The fourth-order valence-electron chi connectivity index (χ4n) is 3.92. The molecule has 184 valence electrons. The fraction of sp³-hybridized carbons (Fsp3) is 0.160. The number of hydrogen-bond donors (Lipinski definition) is 1.